The van der Waals surface area contributed by atoms with E-state index in [4.69, 9.17) is 11.2 Å². The molecule has 118 valence electrons. The molecule has 0 unspecified atom stereocenters. The normalized spacial score (nSPS) is 16.0. The lowest BCUT2D eigenvalue weighted by Gasteiger charge is -2.21. The van der Waals surface area contributed by atoms with Crippen LogP contribution >= 0.6 is 0 Å². The Labute approximate surface area is 131 Å². The number of ether oxygens (including phenoxy) is 1. The molecule has 22 heavy (non-hydrogen) atoms. The van der Waals surface area contributed by atoms with Crippen LogP contribution in [0.5, 0.6) is 5.75 Å². The van der Waals surface area contributed by atoms with Crippen molar-refractivity contribution in [2.75, 3.05) is 13.2 Å². The number of terminal acetylenes is 1. The molecular formula is C18H23NO3. The first kappa shape index (κ1) is 16.4. The standard InChI is InChI=1S/C18H23NO3/c1-2-13-22-16-7-5-15(6-8-16)9-12-19-17(20)14-18(21)10-3-4-11-18/h1,5-8,21H,3-4,9-14H2,(H,19,20). The van der Waals surface area contributed by atoms with Gasteiger partial charge in [0.05, 0.1) is 12.0 Å². The number of hydrogen-bond acceptors (Lipinski definition) is 3. The van der Waals surface area contributed by atoms with E-state index in [1.54, 1.807) is 0 Å². The molecule has 0 aliphatic heterocycles. The highest BCUT2D eigenvalue weighted by Crippen LogP contribution is 2.32. The van der Waals surface area contributed by atoms with E-state index < -0.39 is 5.60 Å². The van der Waals surface area contributed by atoms with Crippen LogP contribution in [0.1, 0.15) is 37.7 Å². The van der Waals surface area contributed by atoms with E-state index in [1.165, 1.54) is 0 Å². The summed E-state index contributed by atoms with van der Waals surface area (Å²) in [7, 11) is 0. The van der Waals surface area contributed by atoms with Crippen LogP contribution in [0.4, 0.5) is 0 Å². The van der Waals surface area contributed by atoms with Gasteiger partial charge in [0.25, 0.3) is 0 Å². The maximum Gasteiger partial charge on any atom is 0.222 e. The van der Waals surface area contributed by atoms with Crippen molar-refractivity contribution in [2.45, 2.75) is 44.1 Å². The third-order valence-electron chi connectivity index (χ3n) is 4.01. The third kappa shape index (κ3) is 5.09. The van der Waals surface area contributed by atoms with Gasteiger partial charge < -0.3 is 15.2 Å². The second-order valence-electron chi connectivity index (χ2n) is 5.84. The van der Waals surface area contributed by atoms with Gasteiger partial charge in [-0.3, -0.25) is 4.79 Å². The fraction of sp³-hybridized carbons (Fsp3) is 0.500. The quantitative estimate of drug-likeness (QED) is 0.758. The Balaban J connectivity index is 1.69. The van der Waals surface area contributed by atoms with Gasteiger partial charge in [-0.2, -0.15) is 0 Å². The lowest BCUT2D eigenvalue weighted by atomic mass is 9.97. The molecule has 1 aromatic carbocycles. The van der Waals surface area contributed by atoms with Crippen LogP contribution in [-0.2, 0) is 11.2 Å². The maximum atomic E-state index is 11.9. The van der Waals surface area contributed by atoms with E-state index in [0.717, 1.165) is 43.4 Å². The highest BCUT2D eigenvalue weighted by Gasteiger charge is 2.33. The van der Waals surface area contributed by atoms with E-state index >= 15 is 0 Å². The second-order valence-corrected chi connectivity index (χ2v) is 5.84. The van der Waals surface area contributed by atoms with Crippen molar-refractivity contribution in [3.8, 4) is 18.1 Å². The molecule has 0 bridgehead atoms. The summed E-state index contributed by atoms with van der Waals surface area (Å²) in [5.74, 6) is 3.09. The number of amides is 1. The Hall–Kier alpha value is -1.99. The van der Waals surface area contributed by atoms with Crippen molar-refractivity contribution in [3.63, 3.8) is 0 Å². The van der Waals surface area contributed by atoms with Crippen molar-refractivity contribution in [3.05, 3.63) is 29.8 Å². The summed E-state index contributed by atoms with van der Waals surface area (Å²) in [4.78, 5) is 11.9. The number of nitrogens with one attached hydrogen (secondary N) is 1. The van der Waals surface area contributed by atoms with Gasteiger partial charge in [-0.25, -0.2) is 0 Å². The summed E-state index contributed by atoms with van der Waals surface area (Å²) in [6.45, 7) is 0.831. The van der Waals surface area contributed by atoms with Crippen LogP contribution in [0.15, 0.2) is 24.3 Å². The topological polar surface area (TPSA) is 58.6 Å². The number of aliphatic hydroxyl groups is 1. The van der Waals surface area contributed by atoms with Crippen LogP contribution in [0.3, 0.4) is 0 Å². The van der Waals surface area contributed by atoms with Gasteiger partial charge in [-0.05, 0) is 37.0 Å². The van der Waals surface area contributed by atoms with Gasteiger partial charge >= 0.3 is 0 Å². The molecule has 4 nitrogen and oxygen atoms in total. The largest absolute Gasteiger partial charge is 0.481 e. The molecule has 0 radical (unpaired) electrons. The summed E-state index contributed by atoms with van der Waals surface area (Å²) in [5, 5.41) is 13.1. The average molecular weight is 301 g/mol. The molecule has 4 heteroatoms. The zero-order chi connectivity index (χ0) is 15.8. The molecule has 0 aromatic heterocycles. The number of rotatable bonds is 7. The van der Waals surface area contributed by atoms with Gasteiger partial charge in [-0.15, -0.1) is 6.42 Å². The van der Waals surface area contributed by atoms with Crippen LogP contribution in [0.2, 0.25) is 0 Å². The fourth-order valence-electron chi connectivity index (χ4n) is 2.79. The lowest BCUT2D eigenvalue weighted by molar-refractivity contribution is -0.125. The molecule has 1 aromatic rings. The lowest BCUT2D eigenvalue weighted by Crippen LogP contribution is -2.35. The predicted molar refractivity (Wildman–Crippen MR) is 85.5 cm³/mol. The van der Waals surface area contributed by atoms with Crippen molar-refractivity contribution < 1.29 is 14.6 Å². The summed E-state index contributed by atoms with van der Waals surface area (Å²) >= 11 is 0. The molecule has 1 saturated carbocycles. The van der Waals surface area contributed by atoms with Crippen molar-refractivity contribution in [1.82, 2.24) is 5.32 Å². The Kier molecular flexibility index (Phi) is 5.85. The van der Waals surface area contributed by atoms with E-state index in [1.807, 2.05) is 24.3 Å². The Bertz CT molecular complexity index is 524. The molecule has 0 spiro atoms. The maximum absolute atomic E-state index is 11.9. The van der Waals surface area contributed by atoms with Crippen LogP contribution < -0.4 is 10.1 Å². The molecular weight excluding hydrogens is 278 g/mol. The second kappa shape index (κ2) is 7.86. The third-order valence-corrected chi connectivity index (χ3v) is 4.01. The zero-order valence-corrected chi connectivity index (χ0v) is 12.8. The van der Waals surface area contributed by atoms with Crippen LogP contribution in [-0.4, -0.2) is 29.8 Å². The fourth-order valence-corrected chi connectivity index (χ4v) is 2.79. The summed E-state index contributed by atoms with van der Waals surface area (Å²) in [6.07, 6.45) is 9.59. The first-order valence-electron chi connectivity index (χ1n) is 7.76. The molecule has 0 heterocycles. The minimum Gasteiger partial charge on any atom is -0.481 e. The highest BCUT2D eigenvalue weighted by molar-refractivity contribution is 5.77. The number of hydrogen-bond donors (Lipinski definition) is 2. The zero-order valence-electron chi connectivity index (χ0n) is 12.8. The first-order valence-corrected chi connectivity index (χ1v) is 7.76. The molecule has 0 atom stereocenters. The summed E-state index contributed by atoms with van der Waals surface area (Å²) < 4.78 is 5.30. The smallest absolute Gasteiger partial charge is 0.222 e. The van der Waals surface area contributed by atoms with E-state index in [2.05, 4.69) is 11.2 Å². The molecule has 1 aliphatic carbocycles. The Morgan fingerprint density at radius 2 is 2.00 bits per heavy atom. The van der Waals surface area contributed by atoms with Gasteiger partial charge in [0.15, 0.2) is 0 Å². The Morgan fingerprint density at radius 3 is 2.64 bits per heavy atom. The van der Waals surface area contributed by atoms with Gasteiger partial charge in [0.2, 0.25) is 5.91 Å². The number of benzene rings is 1. The van der Waals surface area contributed by atoms with Crippen molar-refractivity contribution >= 4 is 5.91 Å². The molecule has 1 aliphatic rings. The SMILES string of the molecule is C#CCOc1ccc(CCNC(=O)CC2(O)CCCC2)cc1. The summed E-state index contributed by atoms with van der Waals surface area (Å²) in [6, 6.07) is 7.66. The molecule has 2 N–H and O–H groups in total. The molecule has 1 amide bonds. The van der Waals surface area contributed by atoms with Crippen LogP contribution in [0.25, 0.3) is 0 Å². The van der Waals surface area contributed by atoms with E-state index in [9.17, 15) is 9.90 Å². The Morgan fingerprint density at radius 1 is 1.32 bits per heavy atom. The van der Waals surface area contributed by atoms with E-state index in [0.29, 0.717) is 6.54 Å². The highest BCUT2D eigenvalue weighted by atomic mass is 16.5. The summed E-state index contributed by atoms with van der Waals surface area (Å²) in [5.41, 5.74) is 0.341. The molecule has 0 saturated heterocycles. The molecule has 1 fully saturated rings. The van der Waals surface area contributed by atoms with Gasteiger partial charge in [-0.1, -0.05) is 30.9 Å². The van der Waals surface area contributed by atoms with Gasteiger partial charge in [0.1, 0.15) is 12.4 Å². The molecule has 2 rings (SSSR count). The number of carbonyl (C=O) groups is 1. The average Bonchev–Trinajstić information content (AvgIpc) is 2.92. The van der Waals surface area contributed by atoms with Gasteiger partial charge in [0, 0.05) is 6.54 Å². The first-order chi connectivity index (χ1) is 10.6. The van der Waals surface area contributed by atoms with E-state index in [-0.39, 0.29) is 18.9 Å². The predicted octanol–water partition coefficient (Wildman–Crippen LogP) is 2.05. The monoisotopic (exact) mass is 301 g/mol. The minimum atomic E-state index is -0.778. The van der Waals surface area contributed by atoms with Crippen LogP contribution in [0, 0.1) is 12.3 Å². The minimum absolute atomic E-state index is 0.0710. The van der Waals surface area contributed by atoms with Crippen molar-refractivity contribution in [1.29, 1.82) is 0 Å². The number of carbonyl (C=O) groups excluding carboxylic acids is 1. The van der Waals surface area contributed by atoms with Crippen molar-refractivity contribution in [2.24, 2.45) is 0 Å².